The van der Waals surface area contributed by atoms with E-state index in [0.29, 0.717) is 6.04 Å². The summed E-state index contributed by atoms with van der Waals surface area (Å²) in [5.41, 5.74) is 1.83. The highest BCUT2D eigenvalue weighted by Gasteiger charge is 2.21. The van der Waals surface area contributed by atoms with Crippen molar-refractivity contribution >= 4 is 28.1 Å². The van der Waals surface area contributed by atoms with Gasteiger partial charge in [-0.25, -0.2) is 4.98 Å². The molecule has 0 radical (unpaired) electrons. The normalized spacial score (nSPS) is 14.5. The predicted molar refractivity (Wildman–Crippen MR) is 117 cm³/mol. The summed E-state index contributed by atoms with van der Waals surface area (Å²) in [7, 11) is 3.29. The van der Waals surface area contributed by atoms with E-state index in [1.807, 2.05) is 30.3 Å². The molecule has 4 rings (SSSR count). The number of nitrogens with one attached hydrogen (secondary N) is 1. The van der Waals surface area contributed by atoms with Crippen molar-refractivity contribution in [2.45, 2.75) is 18.9 Å². The fraction of sp³-hybridized carbons (Fsp3) is 0.318. The Labute approximate surface area is 174 Å². The van der Waals surface area contributed by atoms with Crippen LogP contribution >= 0.6 is 0 Å². The Morgan fingerprint density at radius 3 is 2.37 bits per heavy atom. The number of nitrogens with zero attached hydrogens (tertiary/aromatic N) is 3. The number of nitro groups is 1. The average Bonchev–Trinajstić information content (AvgIpc) is 2.78. The number of rotatable bonds is 6. The molecule has 3 aromatic rings. The van der Waals surface area contributed by atoms with Gasteiger partial charge in [-0.3, -0.25) is 10.1 Å². The highest BCUT2D eigenvalue weighted by molar-refractivity contribution is 5.82. The predicted octanol–water partition coefficient (Wildman–Crippen LogP) is 4.24. The number of pyridine rings is 1. The summed E-state index contributed by atoms with van der Waals surface area (Å²) in [6.07, 6.45) is 1.94. The molecule has 0 aliphatic carbocycles. The summed E-state index contributed by atoms with van der Waals surface area (Å²) < 4.78 is 10.7. The fourth-order valence-electron chi connectivity index (χ4n) is 3.77. The molecule has 0 saturated carbocycles. The molecular formula is C22H24N4O4. The molecule has 0 unspecified atom stereocenters. The first-order valence-electron chi connectivity index (χ1n) is 9.85. The number of benzene rings is 2. The van der Waals surface area contributed by atoms with Crippen LogP contribution in [0.15, 0.2) is 48.5 Å². The van der Waals surface area contributed by atoms with E-state index in [-0.39, 0.29) is 10.6 Å². The lowest BCUT2D eigenvalue weighted by atomic mass is 10.0. The van der Waals surface area contributed by atoms with Gasteiger partial charge in [0, 0.05) is 60.5 Å². The number of hydrogen-bond acceptors (Lipinski definition) is 7. The number of nitro benzene ring substituents is 1. The minimum absolute atomic E-state index is 0.0816. The summed E-state index contributed by atoms with van der Waals surface area (Å²) in [5.74, 6) is 2.42. The van der Waals surface area contributed by atoms with E-state index in [1.54, 1.807) is 26.4 Å². The van der Waals surface area contributed by atoms with Crippen LogP contribution in [0.4, 0.5) is 17.2 Å². The number of hydrogen-bond donors (Lipinski definition) is 1. The topological polar surface area (TPSA) is 89.8 Å². The van der Waals surface area contributed by atoms with Gasteiger partial charge in [0.25, 0.3) is 5.69 Å². The smallest absolute Gasteiger partial charge is 0.270 e. The van der Waals surface area contributed by atoms with Gasteiger partial charge in [-0.2, -0.15) is 0 Å². The lowest BCUT2D eigenvalue weighted by Crippen LogP contribution is -2.39. The van der Waals surface area contributed by atoms with Crippen molar-refractivity contribution in [2.75, 3.05) is 37.5 Å². The second kappa shape index (κ2) is 8.44. The number of ether oxygens (including phenoxy) is 2. The van der Waals surface area contributed by atoms with E-state index in [0.717, 1.165) is 59.8 Å². The molecular weight excluding hydrogens is 384 g/mol. The van der Waals surface area contributed by atoms with E-state index in [2.05, 4.69) is 10.2 Å². The second-order valence-electron chi connectivity index (χ2n) is 7.31. The quantitative estimate of drug-likeness (QED) is 0.482. The number of anilines is 2. The van der Waals surface area contributed by atoms with Crippen LogP contribution in [0.2, 0.25) is 0 Å². The van der Waals surface area contributed by atoms with Gasteiger partial charge in [-0.15, -0.1) is 0 Å². The molecule has 0 amide bonds. The van der Waals surface area contributed by atoms with Crippen molar-refractivity contribution in [3.05, 3.63) is 58.6 Å². The third kappa shape index (κ3) is 4.22. The first-order valence-corrected chi connectivity index (χ1v) is 9.85. The van der Waals surface area contributed by atoms with Gasteiger partial charge in [0.2, 0.25) is 0 Å². The molecule has 2 heterocycles. The summed E-state index contributed by atoms with van der Waals surface area (Å²) in [6.45, 7) is 1.76. The fourth-order valence-corrected chi connectivity index (χ4v) is 3.77. The largest absolute Gasteiger partial charge is 0.497 e. The minimum atomic E-state index is -0.386. The van der Waals surface area contributed by atoms with Gasteiger partial charge in [0.05, 0.1) is 24.7 Å². The SMILES string of the molecule is COc1cc(NC2CCN(c3ccc4cc([N+](=O)[O-])ccc4n3)CC2)cc(OC)c1. The third-order valence-electron chi connectivity index (χ3n) is 5.41. The van der Waals surface area contributed by atoms with Crippen molar-refractivity contribution in [1.82, 2.24) is 4.98 Å². The van der Waals surface area contributed by atoms with E-state index < -0.39 is 0 Å². The number of piperidine rings is 1. The first-order chi connectivity index (χ1) is 14.6. The molecule has 156 valence electrons. The maximum absolute atomic E-state index is 10.9. The van der Waals surface area contributed by atoms with Gasteiger partial charge in [-0.1, -0.05) is 0 Å². The molecule has 1 aromatic heterocycles. The summed E-state index contributed by atoms with van der Waals surface area (Å²) >= 11 is 0. The zero-order valence-corrected chi connectivity index (χ0v) is 17.0. The van der Waals surface area contributed by atoms with Gasteiger partial charge in [-0.05, 0) is 31.0 Å². The molecule has 1 saturated heterocycles. The van der Waals surface area contributed by atoms with Crippen LogP contribution in [0, 0.1) is 10.1 Å². The molecule has 0 bridgehead atoms. The lowest BCUT2D eigenvalue weighted by Gasteiger charge is -2.33. The standard InChI is InChI=1S/C22H24N4O4/c1-29-19-12-17(13-20(14-19)30-2)23-16-7-9-25(10-8-16)22-6-3-15-11-18(26(27)28)4-5-21(15)24-22/h3-6,11-14,16,23H,7-10H2,1-2H3. The number of methoxy groups -OCH3 is 2. The van der Waals surface area contributed by atoms with Crippen LogP contribution in [0.25, 0.3) is 10.9 Å². The summed E-state index contributed by atoms with van der Waals surface area (Å²) in [6, 6.07) is 14.8. The zero-order valence-electron chi connectivity index (χ0n) is 17.0. The van der Waals surface area contributed by atoms with Gasteiger partial charge >= 0.3 is 0 Å². The van der Waals surface area contributed by atoms with E-state index in [4.69, 9.17) is 14.5 Å². The van der Waals surface area contributed by atoms with Crippen LogP contribution in [0.3, 0.4) is 0 Å². The second-order valence-corrected chi connectivity index (χ2v) is 7.31. The maximum atomic E-state index is 10.9. The molecule has 8 nitrogen and oxygen atoms in total. The Balaban J connectivity index is 1.42. The molecule has 2 aromatic carbocycles. The third-order valence-corrected chi connectivity index (χ3v) is 5.41. The Morgan fingerprint density at radius 2 is 1.73 bits per heavy atom. The minimum Gasteiger partial charge on any atom is -0.497 e. The highest BCUT2D eigenvalue weighted by atomic mass is 16.6. The van der Waals surface area contributed by atoms with Crippen molar-refractivity contribution in [3.63, 3.8) is 0 Å². The van der Waals surface area contributed by atoms with Crippen LogP contribution in [0.1, 0.15) is 12.8 Å². The Morgan fingerprint density at radius 1 is 1.03 bits per heavy atom. The van der Waals surface area contributed by atoms with Crippen LogP contribution in [-0.4, -0.2) is 43.3 Å². The Bertz CT molecular complexity index is 1040. The highest BCUT2D eigenvalue weighted by Crippen LogP contribution is 2.29. The van der Waals surface area contributed by atoms with Crippen molar-refractivity contribution in [3.8, 4) is 11.5 Å². The van der Waals surface area contributed by atoms with Crippen LogP contribution in [0.5, 0.6) is 11.5 Å². The number of aromatic nitrogens is 1. The molecule has 1 N–H and O–H groups in total. The van der Waals surface area contributed by atoms with E-state index in [1.165, 1.54) is 6.07 Å². The molecule has 8 heteroatoms. The molecule has 0 spiro atoms. The molecule has 1 aliphatic heterocycles. The monoisotopic (exact) mass is 408 g/mol. The Kier molecular flexibility index (Phi) is 5.56. The first kappa shape index (κ1) is 19.8. The summed E-state index contributed by atoms with van der Waals surface area (Å²) in [5, 5.41) is 15.3. The van der Waals surface area contributed by atoms with E-state index in [9.17, 15) is 10.1 Å². The maximum Gasteiger partial charge on any atom is 0.270 e. The van der Waals surface area contributed by atoms with Gasteiger partial charge < -0.3 is 19.7 Å². The van der Waals surface area contributed by atoms with E-state index >= 15 is 0 Å². The molecule has 30 heavy (non-hydrogen) atoms. The summed E-state index contributed by atoms with van der Waals surface area (Å²) in [4.78, 5) is 17.5. The molecule has 1 aliphatic rings. The zero-order chi connectivity index (χ0) is 21.1. The molecule has 0 atom stereocenters. The molecule has 1 fully saturated rings. The van der Waals surface area contributed by atoms with Crippen molar-refractivity contribution in [2.24, 2.45) is 0 Å². The lowest BCUT2D eigenvalue weighted by molar-refractivity contribution is -0.384. The van der Waals surface area contributed by atoms with Crippen LogP contribution in [-0.2, 0) is 0 Å². The van der Waals surface area contributed by atoms with Gasteiger partial charge in [0.1, 0.15) is 17.3 Å². The van der Waals surface area contributed by atoms with Gasteiger partial charge in [0.15, 0.2) is 0 Å². The van der Waals surface area contributed by atoms with Crippen molar-refractivity contribution < 1.29 is 14.4 Å². The Hall–Kier alpha value is -3.55. The number of fused-ring (bicyclic) bond motifs is 1. The van der Waals surface area contributed by atoms with Crippen LogP contribution < -0.4 is 19.7 Å². The number of non-ortho nitro benzene ring substituents is 1. The van der Waals surface area contributed by atoms with Crippen molar-refractivity contribution in [1.29, 1.82) is 0 Å². The average molecular weight is 408 g/mol.